The van der Waals surface area contributed by atoms with Gasteiger partial charge in [-0.3, -0.25) is 9.59 Å². The van der Waals surface area contributed by atoms with Gasteiger partial charge in [-0.1, -0.05) is 12.8 Å². The van der Waals surface area contributed by atoms with Crippen LogP contribution in [-0.4, -0.2) is 28.8 Å². The van der Waals surface area contributed by atoms with E-state index in [1.807, 2.05) is 13.8 Å². The quantitative estimate of drug-likeness (QED) is 0.670. The molecule has 1 saturated heterocycles. The fourth-order valence-corrected chi connectivity index (χ4v) is 1.75. The Hall–Kier alpha value is -1.50. The summed E-state index contributed by atoms with van der Waals surface area (Å²) in [6, 6.07) is 0. The Kier molecular flexibility index (Phi) is 3.04. The number of carbonyl (C=O) groups excluding carboxylic acids is 2. The van der Waals surface area contributed by atoms with Crippen molar-refractivity contribution < 1.29 is 9.59 Å². The first-order chi connectivity index (χ1) is 6.94. The molecular weight excluding hydrogens is 192 g/mol. The molecule has 15 heavy (non-hydrogen) atoms. The summed E-state index contributed by atoms with van der Waals surface area (Å²) in [5.74, 6) is 1.71. The van der Waals surface area contributed by atoms with Gasteiger partial charge in [0.1, 0.15) is 5.54 Å². The van der Waals surface area contributed by atoms with Gasteiger partial charge in [-0.05, 0) is 13.3 Å². The van der Waals surface area contributed by atoms with Gasteiger partial charge in [-0.15, -0.1) is 6.42 Å². The molecule has 0 aromatic carbocycles. The third-order valence-corrected chi connectivity index (χ3v) is 3.12. The zero-order valence-electron chi connectivity index (χ0n) is 9.12. The third-order valence-electron chi connectivity index (χ3n) is 3.12. The van der Waals surface area contributed by atoms with E-state index in [0.29, 0.717) is 13.0 Å². The Bertz CT molecular complexity index is 332. The lowest BCUT2D eigenvalue weighted by Crippen LogP contribution is -2.46. The van der Waals surface area contributed by atoms with E-state index in [2.05, 4.69) is 5.92 Å². The number of rotatable bonds is 3. The molecule has 2 N–H and O–H groups in total. The Balaban J connectivity index is 2.87. The van der Waals surface area contributed by atoms with E-state index in [9.17, 15) is 9.59 Å². The second-order valence-corrected chi connectivity index (χ2v) is 4.08. The summed E-state index contributed by atoms with van der Waals surface area (Å²) in [6.45, 7) is 4.10. The Morgan fingerprint density at radius 2 is 2.40 bits per heavy atom. The summed E-state index contributed by atoms with van der Waals surface area (Å²) in [4.78, 5) is 24.2. The summed E-state index contributed by atoms with van der Waals surface area (Å²) in [5, 5.41) is 0. The van der Waals surface area contributed by atoms with Crippen molar-refractivity contribution in [2.75, 3.05) is 6.54 Å². The topological polar surface area (TPSA) is 63.4 Å². The van der Waals surface area contributed by atoms with Gasteiger partial charge >= 0.3 is 0 Å². The average Bonchev–Trinajstić information content (AvgIpc) is 2.60. The summed E-state index contributed by atoms with van der Waals surface area (Å²) in [5.41, 5.74) is 4.58. The van der Waals surface area contributed by atoms with Gasteiger partial charge in [0.05, 0.1) is 5.92 Å². The van der Waals surface area contributed by atoms with Crippen LogP contribution >= 0.6 is 0 Å². The van der Waals surface area contributed by atoms with Crippen molar-refractivity contribution in [1.82, 2.24) is 4.90 Å². The molecule has 0 aromatic heterocycles. The van der Waals surface area contributed by atoms with Crippen LogP contribution in [0.25, 0.3) is 0 Å². The van der Waals surface area contributed by atoms with Gasteiger partial charge in [0, 0.05) is 13.0 Å². The summed E-state index contributed by atoms with van der Waals surface area (Å²) < 4.78 is 0. The minimum Gasteiger partial charge on any atom is -0.369 e. The highest BCUT2D eigenvalue weighted by Crippen LogP contribution is 2.27. The Morgan fingerprint density at radius 1 is 1.80 bits per heavy atom. The lowest BCUT2D eigenvalue weighted by molar-refractivity contribution is -0.131. The molecule has 2 amide bonds. The smallest absolute Gasteiger partial charge is 0.224 e. The van der Waals surface area contributed by atoms with Gasteiger partial charge in [0.2, 0.25) is 11.8 Å². The van der Waals surface area contributed by atoms with Crippen molar-refractivity contribution in [3.05, 3.63) is 0 Å². The predicted octanol–water partition coefficient (Wildman–Crippen LogP) is 0.122. The maximum absolute atomic E-state index is 11.7. The van der Waals surface area contributed by atoms with Gasteiger partial charge < -0.3 is 10.6 Å². The number of hydrogen-bond acceptors (Lipinski definition) is 2. The number of primary amides is 1. The van der Waals surface area contributed by atoms with Crippen molar-refractivity contribution in [1.29, 1.82) is 0 Å². The molecule has 82 valence electrons. The van der Waals surface area contributed by atoms with Crippen molar-refractivity contribution in [2.45, 2.75) is 32.2 Å². The highest BCUT2D eigenvalue weighted by molar-refractivity contribution is 5.89. The monoisotopic (exact) mass is 208 g/mol. The van der Waals surface area contributed by atoms with Crippen LogP contribution in [-0.2, 0) is 9.59 Å². The fraction of sp³-hybridized carbons (Fsp3) is 0.636. The van der Waals surface area contributed by atoms with Gasteiger partial charge in [0.25, 0.3) is 0 Å². The Morgan fingerprint density at radius 3 is 2.73 bits per heavy atom. The van der Waals surface area contributed by atoms with Crippen LogP contribution in [0.15, 0.2) is 0 Å². The summed E-state index contributed by atoms with van der Waals surface area (Å²) in [6.07, 6.45) is 6.28. The fourth-order valence-electron chi connectivity index (χ4n) is 1.75. The molecule has 1 aliphatic rings. The molecule has 2 unspecified atom stereocenters. The number of nitrogens with two attached hydrogens (primary N) is 1. The predicted molar refractivity (Wildman–Crippen MR) is 56.5 cm³/mol. The second kappa shape index (κ2) is 3.93. The molecule has 2 atom stereocenters. The molecule has 1 rings (SSSR count). The van der Waals surface area contributed by atoms with Gasteiger partial charge in [0.15, 0.2) is 0 Å². The second-order valence-electron chi connectivity index (χ2n) is 4.08. The van der Waals surface area contributed by atoms with Crippen molar-refractivity contribution >= 4 is 11.8 Å². The molecule has 0 spiro atoms. The first-order valence-electron chi connectivity index (χ1n) is 5.02. The van der Waals surface area contributed by atoms with Crippen LogP contribution in [0.4, 0.5) is 0 Å². The highest BCUT2D eigenvalue weighted by Gasteiger charge is 2.41. The molecule has 1 fully saturated rings. The number of terminal acetylenes is 1. The molecular formula is C11H16N2O2. The van der Waals surface area contributed by atoms with Crippen molar-refractivity contribution in [3.63, 3.8) is 0 Å². The molecule has 1 aliphatic heterocycles. The van der Waals surface area contributed by atoms with Crippen molar-refractivity contribution in [3.8, 4) is 12.3 Å². The molecule has 0 radical (unpaired) electrons. The molecule has 0 saturated carbocycles. The lowest BCUT2D eigenvalue weighted by atomic mass is 9.98. The van der Waals surface area contributed by atoms with Gasteiger partial charge in [-0.25, -0.2) is 0 Å². The normalized spacial score (nSPS) is 24.7. The van der Waals surface area contributed by atoms with Crippen LogP contribution in [0.1, 0.15) is 26.7 Å². The van der Waals surface area contributed by atoms with E-state index in [0.717, 1.165) is 0 Å². The molecule has 1 heterocycles. The minimum atomic E-state index is -0.596. The highest BCUT2D eigenvalue weighted by atomic mass is 16.2. The van der Waals surface area contributed by atoms with Gasteiger partial charge in [-0.2, -0.15) is 0 Å². The van der Waals surface area contributed by atoms with Crippen LogP contribution in [0.3, 0.4) is 0 Å². The summed E-state index contributed by atoms with van der Waals surface area (Å²) in [7, 11) is 0. The standard InChI is InChI=1S/C11H16N2O2/c1-4-11(3,5-2)13-7-8(10(12)15)6-9(13)14/h1,8H,5-7H2,2-3H3,(H2,12,15). The number of amides is 2. The molecule has 4 heteroatoms. The number of likely N-dealkylation sites (tertiary alicyclic amines) is 1. The van der Waals surface area contributed by atoms with Crippen molar-refractivity contribution in [2.24, 2.45) is 11.7 Å². The van der Waals surface area contributed by atoms with Crippen LogP contribution in [0.2, 0.25) is 0 Å². The Labute approximate surface area is 89.8 Å². The van der Waals surface area contributed by atoms with E-state index in [1.165, 1.54) is 0 Å². The van der Waals surface area contributed by atoms with Crippen LogP contribution in [0.5, 0.6) is 0 Å². The SMILES string of the molecule is C#CC(C)(CC)N1CC(C(N)=O)CC1=O. The third kappa shape index (κ3) is 1.96. The minimum absolute atomic E-state index is 0.0823. The zero-order chi connectivity index (χ0) is 11.6. The molecule has 4 nitrogen and oxygen atoms in total. The van der Waals surface area contributed by atoms with E-state index in [4.69, 9.17) is 12.2 Å². The average molecular weight is 208 g/mol. The number of hydrogen-bond donors (Lipinski definition) is 1. The van der Waals surface area contributed by atoms with E-state index in [-0.39, 0.29) is 12.3 Å². The van der Waals surface area contributed by atoms with E-state index in [1.54, 1.807) is 4.90 Å². The number of nitrogens with zero attached hydrogens (tertiary/aromatic N) is 1. The molecule has 0 bridgehead atoms. The van der Waals surface area contributed by atoms with E-state index < -0.39 is 17.4 Å². The first-order valence-corrected chi connectivity index (χ1v) is 5.02. The van der Waals surface area contributed by atoms with E-state index >= 15 is 0 Å². The largest absolute Gasteiger partial charge is 0.369 e. The zero-order valence-corrected chi connectivity index (χ0v) is 9.12. The maximum Gasteiger partial charge on any atom is 0.224 e. The van der Waals surface area contributed by atoms with Crippen LogP contribution < -0.4 is 5.73 Å². The lowest BCUT2D eigenvalue weighted by Gasteiger charge is -2.33. The first kappa shape index (κ1) is 11.6. The maximum atomic E-state index is 11.7. The molecule has 0 aromatic rings. The molecule has 0 aliphatic carbocycles. The number of carbonyl (C=O) groups is 2. The summed E-state index contributed by atoms with van der Waals surface area (Å²) >= 11 is 0. The van der Waals surface area contributed by atoms with Crippen LogP contribution in [0, 0.1) is 18.3 Å².